The predicted octanol–water partition coefficient (Wildman–Crippen LogP) is 3.09. The van der Waals surface area contributed by atoms with Crippen molar-refractivity contribution in [3.8, 4) is 6.07 Å². The van der Waals surface area contributed by atoms with Crippen LogP contribution in [-0.2, 0) is 6.18 Å². The molecule has 0 amide bonds. The van der Waals surface area contributed by atoms with Crippen LogP contribution in [0.25, 0.3) is 0 Å². The molecule has 5 heteroatoms. The third-order valence-electron chi connectivity index (χ3n) is 2.13. The highest BCUT2D eigenvalue weighted by Crippen LogP contribution is 2.35. The number of nitriles is 1. The number of hydrogen-bond donors (Lipinski definition) is 0. The molecule has 16 heavy (non-hydrogen) atoms. The molecule has 0 aliphatic rings. The van der Waals surface area contributed by atoms with E-state index in [1.165, 1.54) is 6.92 Å². The number of carbonyl (C=O) groups is 1. The Bertz CT molecular complexity index is 483. The van der Waals surface area contributed by atoms with Crippen molar-refractivity contribution in [3.05, 3.63) is 34.4 Å². The highest BCUT2D eigenvalue weighted by molar-refractivity contribution is 5.96. The van der Waals surface area contributed by atoms with Gasteiger partial charge in [-0.2, -0.15) is 18.4 Å². The number of benzene rings is 1. The Balaban J connectivity index is 3.61. The van der Waals surface area contributed by atoms with Gasteiger partial charge in [0.2, 0.25) is 0 Å². The van der Waals surface area contributed by atoms with Crippen LogP contribution in [0.4, 0.5) is 13.2 Å². The molecule has 0 atom stereocenters. The van der Waals surface area contributed by atoms with Crippen molar-refractivity contribution >= 4 is 5.78 Å². The fourth-order valence-electron chi connectivity index (χ4n) is 1.51. The fraction of sp³-hybridized carbons (Fsp3) is 0.273. The van der Waals surface area contributed by atoms with Crippen molar-refractivity contribution in [1.29, 1.82) is 5.26 Å². The molecule has 0 N–H and O–H groups in total. The molecule has 0 fully saturated rings. The van der Waals surface area contributed by atoms with Crippen LogP contribution in [0.1, 0.15) is 34.0 Å². The van der Waals surface area contributed by atoms with Crippen LogP contribution in [0.2, 0.25) is 0 Å². The van der Waals surface area contributed by atoms with E-state index >= 15 is 0 Å². The second kappa shape index (κ2) is 3.97. The van der Waals surface area contributed by atoms with Crippen molar-refractivity contribution in [2.45, 2.75) is 20.0 Å². The summed E-state index contributed by atoms with van der Waals surface area (Å²) in [5.74, 6) is -0.701. The Labute approximate surface area is 90.3 Å². The van der Waals surface area contributed by atoms with Crippen molar-refractivity contribution in [1.82, 2.24) is 0 Å². The summed E-state index contributed by atoms with van der Waals surface area (Å²) in [5.41, 5.74) is -1.48. The van der Waals surface area contributed by atoms with E-state index in [1.54, 1.807) is 6.07 Å². The molecule has 0 saturated heterocycles. The minimum absolute atomic E-state index is 0.0516. The molecule has 84 valence electrons. The van der Waals surface area contributed by atoms with Crippen molar-refractivity contribution in [2.75, 3.05) is 0 Å². The molecular weight excluding hydrogens is 219 g/mol. The number of ketones is 1. The standard InChI is InChI=1S/C11H8F3NO/c1-6-3-8(5-15)4-9(7(2)16)10(6)11(12,13)14/h3-4H,1-2H3. The van der Waals surface area contributed by atoms with E-state index in [0.717, 1.165) is 19.1 Å². The Morgan fingerprint density at radius 1 is 1.38 bits per heavy atom. The molecule has 0 saturated carbocycles. The lowest BCUT2D eigenvalue weighted by Gasteiger charge is -2.14. The van der Waals surface area contributed by atoms with Gasteiger partial charge in [-0.25, -0.2) is 0 Å². The molecule has 1 aromatic rings. The highest BCUT2D eigenvalue weighted by Gasteiger charge is 2.36. The maximum absolute atomic E-state index is 12.7. The molecule has 0 aromatic heterocycles. The molecule has 0 heterocycles. The Morgan fingerprint density at radius 2 is 1.94 bits per heavy atom. The molecule has 2 nitrogen and oxygen atoms in total. The van der Waals surface area contributed by atoms with E-state index in [0.29, 0.717) is 0 Å². The molecule has 0 unspecified atom stereocenters. The largest absolute Gasteiger partial charge is 0.417 e. The van der Waals surface area contributed by atoms with Gasteiger partial charge in [-0.15, -0.1) is 0 Å². The van der Waals surface area contributed by atoms with Gasteiger partial charge in [0.15, 0.2) is 5.78 Å². The quantitative estimate of drug-likeness (QED) is 0.691. The number of Topliss-reactive ketones (excluding diaryl/α,β-unsaturated/α-hetero) is 1. The minimum atomic E-state index is -4.58. The molecule has 0 bridgehead atoms. The highest BCUT2D eigenvalue weighted by atomic mass is 19.4. The molecule has 1 rings (SSSR count). The van der Waals surface area contributed by atoms with Gasteiger partial charge in [-0.1, -0.05) is 0 Å². The normalized spacial score (nSPS) is 11.0. The molecule has 0 radical (unpaired) electrons. The average molecular weight is 227 g/mol. The van der Waals surface area contributed by atoms with E-state index in [4.69, 9.17) is 5.26 Å². The Morgan fingerprint density at radius 3 is 2.31 bits per heavy atom. The zero-order valence-corrected chi connectivity index (χ0v) is 8.64. The summed E-state index contributed by atoms with van der Waals surface area (Å²) in [6.07, 6.45) is -4.58. The van der Waals surface area contributed by atoms with Gasteiger partial charge in [0.05, 0.1) is 17.2 Å². The van der Waals surface area contributed by atoms with E-state index in [1.807, 2.05) is 0 Å². The number of carbonyl (C=O) groups excluding carboxylic acids is 1. The van der Waals surface area contributed by atoms with Gasteiger partial charge in [0, 0.05) is 5.56 Å². The van der Waals surface area contributed by atoms with E-state index < -0.39 is 23.1 Å². The smallest absolute Gasteiger partial charge is 0.294 e. The van der Waals surface area contributed by atoms with Crippen LogP contribution in [0.3, 0.4) is 0 Å². The second-order valence-corrected chi connectivity index (χ2v) is 3.38. The Hall–Kier alpha value is -1.83. The van der Waals surface area contributed by atoms with Crippen LogP contribution in [0.15, 0.2) is 12.1 Å². The third-order valence-corrected chi connectivity index (χ3v) is 2.13. The fourth-order valence-corrected chi connectivity index (χ4v) is 1.51. The summed E-state index contributed by atoms with van der Waals surface area (Å²) in [6, 6.07) is 3.81. The van der Waals surface area contributed by atoms with Crippen LogP contribution in [0.5, 0.6) is 0 Å². The summed E-state index contributed by atoms with van der Waals surface area (Å²) in [5, 5.41) is 8.62. The molecule has 0 spiro atoms. The summed E-state index contributed by atoms with van der Waals surface area (Å²) in [6.45, 7) is 2.28. The van der Waals surface area contributed by atoms with Gasteiger partial charge in [-0.3, -0.25) is 4.79 Å². The first-order valence-corrected chi connectivity index (χ1v) is 4.40. The first kappa shape index (κ1) is 12.2. The lowest BCUT2D eigenvalue weighted by Crippen LogP contribution is -2.14. The number of rotatable bonds is 1. The van der Waals surface area contributed by atoms with Crippen LogP contribution >= 0.6 is 0 Å². The summed E-state index contributed by atoms with van der Waals surface area (Å²) < 4.78 is 38.0. The van der Waals surface area contributed by atoms with Crippen LogP contribution in [-0.4, -0.2) is 5.78 Å². The van der Waals surface area contributed by atoms with Crippen molar-refractivity contribution in [2.24, 2.45) is 0 Å². The zero-order valence-electron chi connectivity index (χ0n) is 8.64. The summed E-state index contributed by atoms with van der Waals surface area (Å²) >= 11 is 0. The van der Waals surface area contributed by atoms with Crippen LogP contribution in [0, 0.1) is 18.3 Å². The second-order valence-electron chi connectivity index (χ2n) is 3.38. The Kier molecular flexibility index (Phi) is 3.04. The van der Waals surface area contributed by atoms with Crippen molar-refractivity contribution < 1.29 is 18.0 Å². The van der Waals surface area contributed by atoms with Gasteiger partial charge in [-0.05, 0) is 31.5 Å². The first-order valence-electron chi connectivity index (χ1n) is 4.40. The van der Waals surface area contributed by atoms with E-state index in [9.17, 15) is 18.0 Å². The maximum atomic E-state index is 12.7. The van der Waals surface area contributed by atoms with E-state index in [-0.39, 0.29) is 11.1 Å². The number of alkyl halides is 3. The minimum Gasteiger partial charge on any atom is -0.294 e. The topological polar surface area (TPSA) is 40.9 Å². The lowest BCUT2D eigenvalue weighted by atomic mass is 9.96. The maximum Gasteiger partial charge on any atom is 0.417 e. The third kappa shape index (κ3) is 2.22. The number of nitrogens with zero attached hydrogens (tertiary/aromatic N) is 1. The summed E-state index contributed by atoms with van der Waals surface area (Å²) in [4.78, 5) is 11.1. The molecular formula is C11H8F3NO. The monoisotopic (exact) mass is 227 g/mol. The lowest BCUT2D eigenvalue weighted by molar-refractivity contribution is -0.138. The van der Waals surface area contributed by atoms with Gasteiger partial charge in [0.25, 0.3) is 0 Å². The first-order chi connectivity index (χ1) is 7.27. The molecule has 0 aliphatic heterocycles. The predicted molar refractivity (Wildman–Crippen MR) is 50.9 cm³/mol. The average Bonchev–Trinajstić information content (AvgIpc) is 2.14. The number of hydrogen-bond acceptors (Lipinski definition) is 2. The molecule has 1 aromatic carbocycles. The SMILES string of the molecule is CC(=O)c1cc(C#N)cc(C)c1C(F)(F)F. The number of halogens is 3. The van der Waals surface area contributed by atoms with Gasteiger partial charge in [0.1, 0.15) is 0 Å². The van der Waals surface area contributed by atoms with Crippen LogP contribution < -0.4 is 0 Å². The zero-order chi connectivity index (χ0) is 12.5. The summed E-state index contributed by atoms with van der Waals surface area (Å²) in [7, 11) is 0. The van der Waals surface area contributed by atoms with Gasteiger partial charge >= 0.3 is 6.18 Å². The number of aryl methyl sites for hydroxylation is 1. The molecule has 0 aliphatic carbocycles. The van der Waals surface area contributed by atoms with Gasteiger partial charge < -0.3 is 0 Å². The van der Waals surface area contributed by atoms with Crippen molar-refractivity contribution in [3.63, 3.8) is 0 Å². The van der Waals surface area contributed by atoms with E-state index in [2.05, 4.69) is 0 Å².